The molecule has 220 valence electrons. The number of aromatic nitrogens is 4. The van der Waals surface area contributed by atoms with Crippen LogP contribution in [0.2, 0.25) is 0 Å². The molecule has 0 amide bonds. The van der Waals surface area contributed by atoms with Crippen molar-refractivity contribution in [2.24, 2.45) is 34.6 Å². The van der Waals surface area contributed by atoms with Crippen LogP contribution in [0, 0.1) is 23.7 Å². The Labute approximate surface area is 239 Å². The van der Waals surface area contributed by atoms with E-state index < -0.39 is 0 Å². The summed E-state index contributed by atoms with van der Waals surface area (Å²) in [7, 11) is 0. The molecule has 0 spiro atoms. The van der Waals surface area contributed by atoms with Crippen molar-refractivity contribution in [2.45, 2.75) is 129 Å². The highest BCUT2D eigenvalue weighted by Crippen LogP contribution is 2.40. The highest BCUT2D eigenvalue weighted by Gasteiger charge is 2.35. The number of imidazole rings is 1. The van der Waals surface area contributed by atoms with E-state index in [2.05, 4.69) is 33.8 Å². The molecule has 9 nitrogen and oxygen atoms in total. The van der Waals surface area contributed by atoms with Crippen molar-refractivity contribution >= 4 is 28.8 Å². The smallest absolute Gasteiger partial charge is 0.208 e. The summed E-state index contributed by atoms with van der Waals surface area (Å²) < 4.78 is 2.48. The lowest BCUT2D eigenvalue weighted by molar-refractivity contribution is 0.252. The van der Waals surface area contributed by atoms with E-state index in [-0.39, 0.29) is 11.7 Å². The van der Waals surface area contributed by atoms with Gasteiger partial charge in [0.1, 0.15) is 5.52 Å². The first-order chi connectivity index (χ1) is 19.5. The molecule has 1 aliphatic heterocycles. The van der Waals surface area contributed by atoms with Crippen molar-refractivity contribution in [3.05, 3.63) is 5.82 Å². The fourth-order valence-corrected chi connectivity index (χ4v) is 7.93. The molecule has 3 saturated carbocycles. The van der Waals surface area contributed by atoms with Crippen molar-refractivity contribution in [1.82, 2.24) is 19.5 Å². The van der Waals surface area contributed by atoms with Gasteiger partial charge in [-0.15, -0.1) is 0 Å². The highest BCUT2D eigenvalue weighted by molar-refractivity contribution is 5.97. The summed E-state index contributed by atoms with van der Waals surface area (Å²) in [4.78, 5) is 17.6. The largest absolute Gasteiger partial charge is 0.409 e. The molecule has 0 aromatic carbocycles. The maximum absolute atomic E-state index is 9.48. The Morgan fingerprint density at radius 3 is 2.40 bits per heavy atom. The number of piperidine rings is 1. The summed E-state index contributed by atoms with van der Waals surface area (Å²) in [5, 5.41) is 16.5. The second-order valence-electron chi connectivity index (χ2n) is 13.5. The fourth-order valence-electron chi connectivity index (χ4n) is 7.93. The zero-order chi connectivity index (χ0) is 27.6. The van der Waals surface area contributed by atoms with Gasteiger partial charge in [-0.3, -0.25) is 0 Å². The molecule has 9 heteroatoms. The average molecular weight is 551 g/mol. The molecule has 2 aromatic rings. The lowest BCUT2D eigenvalue weighted by Gasteiger charge is -2.43. The SMILES string of the molecule is CC1CCC(Cn2c(N3CCCCC3C3CCCCC3)nc3nc(/C(N)=N/O)nc(N[C@H](C)C4CCC4)c32)CC1. The van der Waals surface area contributed by atoms with Gasteiger partial charge in [-0.1, -0.05) is 50.6 Å². The molecular formula is C31H50N8O. The summed E-state index contributed by atoms with van der Waals surface area (Å²) in [6.07, 6.45) is 19.4. The first-order valence-electron chi connectivity index (χ1n) is 16.3. The van der Waals surface area contributed by atoms with Crippen LogP contribution in [0.5, 0.6) is 0 Å². The molecule has 2 aromatic heterocycles. The van der Waals surface area contributed by atoms with Gasteiger partial charge in [0, 0.05) is 25.2 Å². The van der Waals surface area contributed by atoms with Crippen molar-refractivity contribution in [3.63, 3.8) is 0 Å². The van der Waals surface area contributed by atoms with Crippen LogP contribution < -0.4 is 16.0 Å². The van der Waals surface area contributed by atoms with Crippen LogP contribution in [0.15, 0.2) is 5.16 Å². The van der Waals surface area contributed by atoms with Crippen molar-refractivity contribution in [3.8, 4) is 0 Å². The predicted molar refractivity (Wildman–Crippen MR) is 161 cm³/mol. The number of hydrogen-bond acceptors (Lipinski definition) is 7. The van der Waals surface area contributed by atoms with Crippen molar-refractivity contribution in [2.75, 3.05) is 16.8 Å². The van der Waals surface area contributed by atoms with Gasteiger partial charge in [0.2, 0.25) is 17.6 Å². The van der Waals surface area contributed by atoms with Gasteiger partial charge in [-0.2, -0.15) is 4.98 Å². The van der Waals surface area contributed by atoms with Crippen LogP contribution in [0.25, 0.3) is 11.2 Å². The van der Waals surface area contributed by atoms with Gasteiger partial charge in [-0.05, 0) is 88.4 Å². The summed E-state index contributed by atoms with van der Waals surface area (Å²) in [5.74, 6) is 4.85. The minimum Gasteiger partial charge on any atom is -0.409 e. The number of hydrogen-bond donors (Lipinski definition) is 3. The monoisotopic (exact) mass is 550 g/mol. The van der Waals surface area contributed by atoms with E-state index in [1.165, 1.54) is 96.3 Å². The topological polar surface area (TPSA) is 117 Å². The molecule has 6 rings (SSSR count). The van der Waals surface area contributed by atoms with E-state index in [0.29, 0.717) is 29.6 Å². The lowest BCUT2D eigenvalue weighted by Crippen LogP contribution is -2.46. The zero-order valence-electron chi connectivity index (χ0n) is 24.7. The number of nitrogens with two attached hydrogens (primary N) is 1. The minimum atomic E-state index is -0.0725. The molecule has 1 unspecified atom stereocenters. The number of amidine groups is 1. The summed E-state index contributed by atoms with van der Waals surface area (Å²) >= 11 is 0. The summed E-state index contributed by atoms with van der Waals surface area (Å²) in [6.45, 7) is 6.65. The van der Waals surface area contributed by atoms with Crippen LogP contribution in [-0.2, 0) is 6.54 Å². The van der Waals surface area contributed by atoms with Gasteiger partial charge in [0.15, 0.2) is 11.5 Å². The average Bonchev–Trinajstić information content (AvgIpc) is 3.31. The number of nitrogens with zero attached hydrogens (tertiary/aromatic N) is 6. The Morgan fingerprint density at radius 1 is 0.950 bits per heavy atom. The normalized spacial score (nSPS) is 28.0. The lowest BCUT2D eigenvalue weighted by atomic mass is 9.80. The standard InChI is InChI=1S/C31H50N8O/c1-20-14-16-22(17-15-20)19-39-26-28(33-21(2)23-11-8-12-23)34-30(27(32)37-40)35-29(26)36-31(39)38-18-7-6-13-25(38)24-9-4-3-5-10-24/h20-25,40H,3-19H2,1-2H3,(H2,32,37)(H,33,34,35)/t20?,21-,22?,25?/m1/s1. The van der Waals surface area contributed by atoms with E-state index in [9.17, 15) is 5.21 Å². The second kappa shape index (κ2) is 12.1. The van der Waals surface area contributed by atoms with E-state index in [1.54, 1.807) is 0 Å². The molecule has 3 heterocycles. The number of oxime groups is 1. The molecule has 4 aliphatic rings. The van der Waals surface area contributed by atoms with Crippen LogP contribution in [0.1, 0.15) is 116 Å². The van der Waals surface area contributed by atoms with Gasteiger partial charge >= 0.3 is 0 Å². The molecule has 0 bridgehead atoms. The summed E-state index contributed by atoms with van der Waals surface area (Å²) in [6, 6.07) is 0.831. The predicted octanol–water partition coefficient (Wildman–Crippen LogP) is 6.29. The third kappa shape index (κ3) is 5.62. The number of nitrogens with one attached hydrogen (secondary N) is 1. The number of rotatable bonds is 8. The molecule has 2 atom stereocenters. The Bertz CT molecular complexity index is 1180. The zero-order valence-corrected chi connectivity index (χ0v) is 24.7. The van der Waals surface area contributed by atoms with Gasteiger partial charge in [0.05, 0.1) is 0 Å². The molecule has 1 saturated heterocycles. The van der Waals surface area contributed by atoms with E-state index in [1.807, 2.05) is 0 Å². The second-order valence-corrected chi connectivity index (χ2v) is 13.5. The molecule has 0 radical (unpaired) electrons. The Hall–Kier alpha value is -2.58. The molecule has 40 heavy (non-hydrogen) atoms. The maximum atomic E-state index is 9.48. The third-order valence-corrected chi connectivity index (χ3v) is 10.7. The first kappa shape index (κ1) is 27.6. The molecule has 3 aliphatic carbocycles. The van der Waals surface area contributed by atoms with Gasteiger partial charge in [-0.25, -0.2) is 9.97 Å². The Balaban J connectivity index is 1.45. The van der Waals surface area contributed by atoms with Gasteiger partial charge < -0.3 is 25.7 Å². The fraction of sp³-hybridized carbons (Fsp3) is 0.806. The van der Waals surface area contributed by atoms with Crippen molar-refractivity contribution < 1.29 is 5.21 Å². The molecular weight excluding hydrogens is 500 g/mol. The third-order valence-electron chi connectivity index (χ3n) is 10.7. The van der Waals surface area contributed by atoms with E-state index in [4.69, 9.17) is 20.7 Å². The Morgan fingerprint density at radius 2 is 1.70 bits per heavy atom. The van der Waals surface area contributed by atoms with E-state index in [0.717, 1.165) is 42.2 Å². The van der Waals surface area contributed by atoms with E-state index >= 15 is 0 Å². The minimum absolute atomic E-state index is 0.0725. The van der Waals surface area contributed by atoms with Crippen molar-refractivity contribution in [1.29, 1.82) is 0 Å². The van der Waals surface area contributed by atoms with Crippen LogP contribution >= 0.6 is 0 Å². The highest BCUT2D eigenvalue weighted by atomic mass is 16.4. The van der Waals surface area contributed by atoms with Crippen LogP contribution in [0.4, 0.5) is 11.8 Å². The van der Waals surface area contributed by atoms with Gasteiger partial charge in [0.25, 0.3) is 0 Å². The molecule has 4 N–H and O–H groups in total. The first-order valence-corrected chi connectivity index (χ1v) is 16.3. The summed E-state index contributed by atoms with van der Waals surface area (Å²) in [5.41, 5.74) is 7.70. The van der Waals surface area contributed by atoms with Crippen LogP contribution in [0.3, 0.4) is 0 Å². The molecule has 4 fully saturated rings. The quantitative estimate of drug-likeness (QED) is 0.153. The van der Waals surface area contributed by atoms with Crippen LogP contribution in [-0.4, -0.2) is 49.2 Å². The number of anilines is 2. The maximum Gasteiger partial charge on any atom is 0.208 e. The number of fused-ring (bicyclic) bond motifs is 1. The Kier molecular flexibility index (Phi) is 8.35.